The average molecular weight is 488 g/mol. The molecule has 2 N–H and O–H groups in total. The van der Waals surface area contributed by atoms with Crippen molar-refractivity contribution in [3.05, 3.63) is 52.7 Å². The molecular formula is C24H26ClN3O6. The maximum Gasteiger partial charge on any atom is 0.329 e. The molecule has 9 nitrogen and oxygen atoms in total. The van der Waals surface area contributed by atoms with E-state index in [1.165, 1.54) is 20.3 Å². The summed E-state index contributed by atoms with van der Waals surface area (Å²) in [5.41, 5.74) is 1.04. The van der Waals surface area contributed by atoms with Gasteiger partial charge in [0.2, 0.25) is 5.91 Å². The Bertz CT molecular complexity index is 1120. The van der Waals surface area contributed by atoms with Crippen molar-refractivity contribution in [1.82, 2.24) is 10.2 Å². The average Bonchev–Trinajstić information content (AvgIpc) is 3.08. The van der Waals surface area contributed by atoms with Gasteiger partial charge in [-0.2, -0.15) is 0 Å². The van der Waals surface area contributed by atoms with Crippen LogP contribution in [0.3, 0.4) is 0 Å². The number of urea groups is 1. The third-order valence-corrected chi connectivity index (χ3v) is 5.38. The molecule has 0 bridgehead atoms. The van der Waals surface area contributed by atoms with E-state index in [9.17, 15) is 14.4 Å². The van der Waals surface area contributed by atoms with Gasteiger partial charge in [0.25, 0.3) is 5.91 Å². The summed E-state index contributed by atoms with van der Waals surface area (Å²) in [5.74, 6) is 0.278. The van der Waals surface area contributed by atoms with Gasteiger partial charge < -0.3 is 24.8 Å². The van der Waals surface area contributed by atoms with Crippen molar-refractivity contribution in [3.8, 4) is 17.2 Å². The zero-order valence-corrected chi connectivity index (χ0v) is 20.1. The van der Waals surface area contributed by atoms with E-state index in [2.05, 4.69) is 10.6 Å². The normalized spacial score (nSPS) is 15.2. The lowest BCUT2D eigenvalue weighted by molar-refractivity contribution is -0.127. The second-order valence-electron chi connectivity index (χ2n) is 7.53. The van der Waals surface area contributed by atoms with E-state index >= 15 is 0 Å². The Morgan fingerprint density at radius 3 is 2.50 bits per heavy atom. The van der Waals surface area contributed by atoms with Crippen molar-refractivity contribution in [2.24, 2.45) is 0 Å². The molecule has 1 unspecified atom stereocenters. The van der Waals surface area contributed by atoms with Crippen molar-refractivity contribution in [2.75, 3.05) is 26.1 Å². The first-order chi connectivity index (χ1) is 16.2. The molecule has 10 heteroatoms. The largest absolute Gasteiger partial charge is 0.497 e. The molecule has 0 spiro atoms. The molecule has 4 amide bonds. The third kappa shape index (κ3) is 5.79. The second-order valence-corrected chi connectivity index (χ2v) is 7.93. The number of nitrogens with one attached hydrogen (secondary N) is 2. The maximum atomic E-state index is 12.8. The summed E-state index contributed by atoms with van der Waals surface area (Å²) in [7, 11) is 3.02. The van der Waals surface area contributed by atoms with E-state index in [1.54, 1.807) is 36.4 Å². The molecule has 0 aromatic heterocycles. The summed E-state index contributed by atoms with van der Waals surface area (Å²) in [6, 6.07) is 9.23. The quantitative estimate of drug-likeness (QED) is 0.408. The summed E-state index contributed by atoms with van der Waals surface area (Å²) in [6.07, 6.45) is 2.18. The predicted octanol–water partition coefficient (Wildman–Crippen LogP) is 4.07. The number of carbonyl (C=O) groups is 3. The SMILES string of the molecule is CCC(C)Oc1c(Cl)cc(/C=C2\NC(=O)N(CC(=O)Nc3ccc(OC)cc3)C2=O)cc1OC. The molecule has 0 radical (unpaired) electrons. The van der Waals surface area contributed by atoms with E-state index < -0.39 is 24.4 Å². The van der Waals surface area contributed by atoms with Gasteiger partial charge in [0.15, 0.2) is 11.5 Å². The first-order valence-corrected chi connectivity index (χ1v) is 11.0. The number of nitrogens with zero attached hydrogens (tertiary/aromatic N) is 1. The van der Waals surface area contributed by atoms with Crippen LogP contribution in [0.2, 0.25) is 5.02 Å². The van der Waals surface area contributed by atoms with Gasteiger partial charge in [-0.25, -0.2) is 9.69 Å². The van der Waals surface area contributed by atoms with Crippen molar-refractivity contribution >= 4 is 41.2 Å². The van der Waals surface area contributed by atoms with Crippen molar-refractivity contribution < 1.29 is 28.6 Å². The highest BCUT2D eigenvalue weighted by Gasteiger charge is 2.35. The molecule has 0 saturated carbocycles. The highest BCUT2D eigenvalue weighted by molar-refractivity contribution is 6.32. The van der Waals surface area contributed by atoms with E-state index in [-0.39, 0.29) is 11.8 Å². The number of halogens is 1. The number of carbonyl (C=O) groups excluding carboxylic acids is 3. The molecule has 2 aromatic carbocycles. The lowest BCUT2D eigenvalue weighted by Gasteiger charge is -2.17. The zero-order chi connectivity index (χ0) is 24.8. The van der Waals surface area contributed by atoms with Gasteiger partial charge in [0.05, 0.1) is 25.3 Å². The smallest absolute Gasteiger partial charge is 0.329 e. The van der Waals surface area contributed by atoms with Crippen LogP contribution in [-0.2, 0) is 9.59 Å². The molecule has 1 saturated heterocycles. The molecular weight excluding hydrogens is 462 g/mol. The van der Waals surface area contributed by atoms with E-state index in [0.717, 1.165) is 11.3 Å². The van der Waals surface area contributed by atoms with Gasteiger partial charge >= 0.3 is 6.03 Å². The fourth-order valence-corrected chi connectivity index (χ4v) is 3.39. The van der Waals surface area contributed by atoms with Crippen LogP contribution >= 0.6 is 11.6 Å². The summed E-state index contributed by atoms with van der Waals surface area (Å²) in [6.45, 7) is 3.46. The van der Waals surface area contributed by atoms with Crippen molar-refractivity contribution in [3.63, 3.8) is 0 Å². The van der Waals surface area contributed by atoms with E-state index in [0.29, 0.717) is 33.5 Å². The lowest BCUT2D eigenvalue weighted by Crippen LogP contribution is -2.38. The molecule has 1 fully saturated rings. The summed E-state index contributed by atoms with van der Waals surface area (Å²) < 4.78 is 16.3. The van der Waals surface area contributed by atoms with Gasteiger partial charge in [-0.05, 0) is 61.4 Å². The number of benzene rings is 2. The number of hydrogen-bond donors (Lipinski definition) is 2. The molecule has 3 rings (SSSR count). The van der Waals surface area contributed by atoms with Crippen LogP contribution in [0, 0.1) is 0 Å². The minimum atomic E-state index is -0.698. The number of amides is 4. The minimum Gasteiger partial charge on any atom is -0.497 e. The Morgan fingerprint density at radius 2 is 1.88 bits per heavy atom. The molecule has 180 valence electrons. The van der Waals surface area contributed by atoms with Crippen LogP contribution in [0.15, 0.2) is 42.1 Å². The van der Waals surface area contributed by atoms with Crippen LogP contribution in [-0.4, -0.2) is 49.6 Å². The molecule has 1 aliphatic rings. The van der Waals surface area contributed by atoms with Crippen LogP contribution in [0.25, 0.3) is 6.08 Å². The first-order valence-electron chi connectivity index (χ1n) is 10.6. The molecule has 1 aliphatic heterocycles. The van der Waals surface area contributed by atoms with Gasteiger partial charge in [-0.1, -0.05) is 18.5 Å². The first kappa shape index (κ1) is 24.9. The Kier molecular flexibility index (Phi) is 8.01. The molecule has 1 heterocycles. The Hall–Kier alpha value is -3.72. The second kappa shape index (κ2) is 10.9. The molecule has 34 heavy (non-hydrogen) atoms. The van der Waals surface area contributed by atoms with Crippen LogP contribution in [0.1, 0.15) is 25.8 Å². The Labute approximate surface area is 202 Å². The number of ether oxygens (including phenoxy) is 3. The summed E-state index contributed by atoms with van der Waals surface area (Å²) in [4.78, 5) is 38.3. The lowest BCUT2D eigenvalue weighted by atomic mass is 10.1. The van der Waals surface area contributed by atoms with Gasteiger partial charge in [0, 0.05) is 5.69 Å². The highest BCUT2D eigenvalue weighted by atomic mass is 35.5. The molecule has 1 atom stereocenters. The van der Waals surface area contributed by atoms with Crippen molar-refractivity contribution in [1.29, 1.82) is 0 Å². The standard InChI is InChI=1S/C24H26ClN3O6/c1-5-14(2)34-22-18(25)10-15(12-20(22)33-4)11-19-23(30)28(24(31)27-19)13-21(29)26-16-6-8-17(32-3)9-7-16/h6-12,14H,5,13H2,1-4H3,(H,26,29)(H,27,31)/b19-11-. The van der Waals surface area contributed by atoms with Crippen LogP contribution < -0.4 is 24.8 Å². The number of hydrogen-bond acceptors (Lipinski definition) is 6. The third-order valence-electron chi connectivity index (χ3n) is 5.09. The van der Waals surface area contributed by atoms with E-state index in [4.69, 9.17) is 25.8 Å². The van der Waals surface area contributed by atoms with Gasteiger partial charge in [0.1, 0.15) is 18.0 Å². The molecule has 2 aromatic rings. The maximum absolute atomic E-state index is 12.8. The number of rotatable bonds is 9. The Morgan fingerprint density at radius 1 is 1.18 bits per heavy atom. The minimum absolute atomic E-state index is 0.0101. The van der Waals surface area contributed by atoms with Crippen LogP contribution in [0.5, 0.6) is 17.2 Å². The summed E-state index contributed by atoms with van der Waals surface area (Å²) >= 11 is 6.38. The number of imide groups is 1. The van der Waals surface area contributed by atoms with Crippen LogP contribution in [0.4, 0.5) is 10.5 Å². The van der Waals surface area contributed by atoms with Crippen molar-refractivity contribution in [2.45, 2.75) is 26.4 Å². The summed E-state index contributed by atoms with van der Waals surface area (Å²) in [5, 5.41) is 5.43. The monoisotopic (exact) mass is 487 g/mol. The highest BCUT2D eigenvalue weighted by Crippen LogP contribution is 2.38. The van der Waals surface area contributed by atoms with E-state index in [1.807, 2.05) is 13.8 Å². The van der Waals surface area contributed by atoms with Gasteiger partial charge in [-0.3, -0.25) is 9.59 Å². The topological polar surface area (TPSA) is 106 Å². The zero-order valence-electron chi connectivity index (χ0n) is 19.3. The number of methoxy groups -OCH3 is 2. The van der Waals surface area contributed by atoms with Gasteiger partial charge in [-0.15, -0.1) is 0 Å². The Balaban J connectivity index is 1.73. The predicted molar refractivity (Wildman–Crippen MR) is 128 cm³/mol. The molecule has 0 aliphatic carbocycles. The fraction of sp³-hybridized carbons (Fsp3) is 0.292. The fourth-order valence-electron chi connectivity index (χ4n) is 3.12. The number of anilines is 1.